The highest BCUT2D eigenvalue weighted by Crippen LogP contribution is 2.27. The van der Waals surface area contributed by atoms with E-state index >= 15 is 0 Å². The number of aromatic nitrogens is 1. The Labute approximate surface area is 239 Å². The molecule has 10 nitrogen and oxygen atoms in total. The van der Waals surface area contributed by atoms with Crippen molar-refractivity contribution in [2.75, 3.05) is 6.61 Å². The summed E-state index contributed by atoms with van der Waals surface area (Å²) in [6.07, 6.45) is 0.577. The molecule has 0 aliphatic heterocycles. The summed E-state index contributed by atoms with van der Waals surface area (Å²) in [5.41, 5.74) is 8.48. The molecule has 220 valence electrons. The number of carboxylic acid groups (broad SMARTS) is 1. The number of oxazole rings is 1. The number of ether oxygens (including phenoxy) is 3. The minimum Gasteiger partial charge on any atom is -0.493 e. The summed E-state index contributed by atoms with van der Waals surface area (Å²) in [5.74, 6) is -0.405. The molecule has 0 bridgehead atoms. The number of esters is 2. The van der Waals surface area contributed by atoms with Gasteiger partial charge in [0, 0.05) is 18.4 Å². The molecular weight excluding hydrogens is 528 g/mol. The molecule has 0 radical (unpaired) electrons. The Morgan fingerprint density at radius 3 is 2.34 bits per heavy atom. The number of benzene rings is 2. The number of aryl methyl sites for hydroxylation is 2. The van der Waals surface area contributed by atoms with E-state index in [1.54, 1.807) is 71.9 Å². The molecule has 1 unspecified atom stereocenters. The molecule has 1 atom stereocenters. The van der Waals surface area contributed by atoms with E-state index in [2.05, 4.69) is 4.98 Å². The number of hydrogen-bond acceptors (Lipinski definition) is 9. The summed E-state index contributed by atoms with van der Waals surface area (Å²) >= 11 is 0. The lowest BCUT2D eigenvalue weighted by molar-refractivity contribution is -0.154. The fourth-order valence-corrected chi connectivity index (χ4v) is 4.05. The summed E-state index contributed by atoms with van der Waals surface area (Å²) in [4.78, 5) is 40.6. The number of nitrogens with zero attached hydrogens (tertiary/aromatic N) is 1. The number of hydrogen-bond donors (Lipinski definition) is 2. The zero-order valence-corrected chi connectivity index (χ0v) is 24.4. The van der Waals surface area contributed by atoms with Crippen LogP contribution in [0.25, 0.3) is 11.5 Å². The van der Waals surface area contributed by atoms with Crippen LogP contribution in [0.15, 0.2) is 46.9 Å². The third-order valence-electron chi connectivity index (χ3n) is 5.96. The molecule has 2 aromatic carbocycles. The number of carboxylic acids is 1. The van der Waals surface area contributed by atoms with Gasteiger partial charge in [-0.3, -0.25) is 4.79 Å². The Hall–Kier alpha value is -4.18. The van der Waals surface area contributed by atoms with Gasteiger partial charge in [-0.2, -0.15) is 0 Å². The van der Waals surface area contributed by atoms with Crippen molar-refractivity contribution in [2.45, 2.75) is 78.6 Å². The molecule has 0 aliphatic carbocycles. The van der Waals surface area contributed by atoms with Gasteiger partial charge in [0.2, 0.25) is 5.89 Å². The van der Waals surface area contributed by atoms with Crippen LogP contribution in [0.1, 0.15) is 80.0 Å². The van der Waals surface area contributed by atoms with E-state index < -0.39 is 23.6 Å². The lowest BCUT2D eigenvalue weighted by atomic mass is 9.97. The molecule has 10 heteroatoms. The Balaban J connectivity index is 1.71. The maximum Gasteiger partial charge on any atom is 0.335 e. The van der Waals surface area contributed by atoms with E-state index in [9.17, 15) is 14.4 Å². The normalized spacial score (nSPS) is 12.2. The number of carbonyl (C=O) groups excluding carboxylic acids is 2. The highest BCUT2D eigenvalue weighted by molar-refractivity contribution is 5.88. The van der Waals surface area contributed by atoms with Crippen LogP contribution < -0.4 is 10.5 Å². The Kier molecular flexibility index (Phi) is 10.3. The summed E-state index contributed by atoms with van der Waals surface area (Å²) in [6, 6.07) is 10.5. The molecule has 3 rings (SSSR count). The van der Waals surface area contributed by atoms with Crippen LogP contribution in [0.2, 0.25) is 0 Å². The fourth-order valence-electron chi connectivity index (χ4n) is 4.05. The van der Waals surface area contributed by atoms with Gasteiger partial charge in [-0.1, -0.05) is 6.07 Å². The van der Waals surface area contributed by atoms with E-state index in [1.807, 2.05) is 0 Å². The number of carbonyl (C=O) groups is 3. The van der Waals surface area contributed by atoms with Gasteiger partial charge in [0.1, 0.15) is 23.2 Å². The van der Waals surface area contributed by atoms with Gasteiger partial charge in [0.15, 0.2) is 0 Å². The van der Waals surface area contributed by atoms with Crippen molar-refractivity contribution in [1.29, 1.82) is 0 Å². The average Bonchev–Trinajstić information content (AvgIpc) is 3.26. The van der Waals surface area contributed by atoms with E-state index in [0.717, 1.165) is 5.56 Å². The first kappa shape index (κ1) is 31.3. The molecule has 0 amide bonds. The van der Waals surface area contributed by atoms with Crippen LogP contribution in [0.5, 0.6) is 5.75 Å². The first-order valence-corrected chi connectivity index (χ1v) is 13.5. The van der Waals surface area contributed by atoms with Gasteiger partial charge in [0.05, 0.1) is 24.0 Å². The number of nitrogens with two attached hydrogens (primary N) is 1. The molecule has 0 saturated carbocycles. The van der Waals surface area contributed by atoms with Gasteiger partial charge >= 0.3 is 17.9 Å². The van der Waals surface area contributed by atoms with Crippen molar-refractivity contribution in [2.24, 2.45) is 5.73 Å². The quantitative estimate of drug-likeness (QED) is 0.280. The molecule has 3 aromatic rings. The third-order valence-corrected chi connectivity index (χ3v) is 5.96. The van der Waals surface area contributed by atoms with Crippen LogP contribution >= 0.6 is 0 Å². The minimum atomic E-state index is -1.05. The summed E-state index contributed by atoms with van der Waals surface area (Å²) in [6.45, 7) is 11.0. The van der Waals surface area contributed by atoms with Crippen molar-refractivity contribution in [3.8, 4) is 17.2 Å². The van der Waals surface area contributed by atoms with Crippen LogP contribution in [-0.2, 0) is 31.9 Å². The lowest BCUT2D eigenvalue weighted by Crippen LogP contribution is -2.27. The zero-order chi connectivity index (χ0) is 30.3. The minimum absolute atomic E-state index is 0.128. The van der Waals surface area contributed by atoms with Gasteiger partial charge in [0.25, 0.3) is 0 Å². The highest BCUT2D eigenvalue weighted by atomic mass is 16.6. The predicted octanol–water partition coefficient (Wildman–Crippen LogP) is 5.20. The van der Waals surface area contributed by atoms with Gasteiger partial charge in [-0.15, -0.1) is 0 Å². The van der Waals surface area contributed by atoms with Gasteiger partial charge < -0.3 is 29.5 Å². The second-order valence-corrected chi connectivity index (χ2v) is 10.9. The Morgan fingerprint density at radius 2 is 1.73 bits per heavy atom. The van der Waals surface area contributed by atoms with E-state index in [0.29, 0.717) is 47.1 Å². The molecule has 1 aromatic heterocycles. The summed E-state index contributed by atoms with van der Waals surface area (Å²) in [7, 11) is 0. The third kappa shape index (κ3) is 9.18. The maximum absolute atomic E-state index is 12.6. The van der Waals surface area contributed by atoms with Crippen LogP contribution in [0.4, 0.5) is 0 Å². The SMILES string of the molecule is Cc1oc(-c2ccc(C(=O)O)cc2)nc1CCOc1ccc(CCC(=O)OC(C)(C)C)c(C(N)C(=O)OC(C)C)c1. The first-order chi connectivity index (χ1) is 19.2. The van der Waals surface area contributed by atoms with E-state index in [4.69, 9.17) is 29.5 Å². The molecule has 1 heterocycles. The second kappa shape index (κ2) is 13.5. The molecule has 0 fully saturated rings. The van der Waals surface area contributed by atoms with Gasteiger partial charge in [-0.25, -0.2) is 14.6 Å². The monoisotopic (exact) mass is 566 g/mol. The largest absolute Gasteiger partial charge is 0.493 e. The Bertz CT molecular complexity index is 1370. The predicted molar refractivity (Wildman–Crippen MR) is 152 cm³/mol. The molecule has 0 spiro atoms. The van der Waals surface area contributed by atoms with Gasteiger partial charge in [-0.05, 0) is 95.5 Å². The van der Waals surface area contributed by atoms with E-state index in [-0.39, 0.29) is 30.7 Å². The molecule has 0 saturated heterocycles. The maximum atomic E-state index is 12.6. The molecule has 0 aliphatic rings. The van der Waals surface area contributed by atoms with Crippen molar-refractivity contribution in [1.82, 2.24) is 4.98 Å². The molecule has 3 N–H and O–H groups in total. The summed E-state index contributed by atoms with van der Waals surface area (Å²) in [5, 5.41) is 9.09. The van der Waals surface area contributed by atoms with Crippen molar-refractivity contribution in [3.63, 3.8) is 0 Å². The standard InChI is InChI=1S/C31H38N2O8/c1-18(2)39-30(37)27(32)24-17-23(13-11-20(24)12-14-26(34)41-31(4,5)6)38-16-15-25-19(3)40-28(33-25)21-7-9-22(10-8-21)29(35)36/h7-11,13,17-18,27H,12,14-16,32H2,1-6H3,(H,35,36). The lowest BCUT2D eigenvalue weighted by Gasteiger charge is -2.21. The van der Waals surface area contributed by atoms with Crippen LogP contribution in [0.3, 0.4) is 0 Å². The zero-order valence-electron chi connectivity index (χ0n) is 24.4. The van der Waals surface area contributed by atoms with Crippen LogP contribution in [-0.4, -0.2) is 46.3 Å². The highest BCUT2D eigenvalue weighted by Gasteiger charge is 2.24. The molecular formula is C31H38N2O8. The van der Waals surface area contributed by atoms with Crippen LogP contribution in [0, 0.1) is 6.92 Å². The Morgan fingerprint density at radius 1 is 1.05 bits per heavy atom. The fraction of sp³-hybridized carbons (Fsp3) is 0.419. The number of aromatic carboxylic acids is 1. The molecule has 41 heavy (non-hydrogen) atoms. The topological polar surface area (TPSA) is 151 Å². The van der Waals surface area contributed by atoms with Crippen molar-refractivity contribution in [3.05, 3.63) is 70.6 Å². The first-order valence-electron chi connectivity index (χ1n) is 13.5. The van der Waals surface area contributed by atoms with Crippen molar-refractivity contribution >= 4 is 17.9 Å². The smallest absolute Gasteiger partial charge is 0.335 e. The van der Waals surface area contributed by atoms with Crippen molar-refractivity contribution < 1.29 is 38.1 Å². The van der Waals surface area contributed by atoms with E-state index in [1.165, 1.54) is 12.1 Å². The second-order valence-electron chi connectivity index (χ2n) is 10.9. The summed E-state index contributed by atoms with van der Waals surface area (Å²) < 4.78 is 22.5. The number of rotatable bonds is 12. The average molecular weight is 567 g/mol.